The highest BCUT2D eigenvalue weighted by Gasteiger charge is 2.34. The van der Waals surface area contributed by atoms with Crippen LogP contribution in [0.3, 0.4) is 0 Å². The molecule has 2 heterocycles. The van der Waals surface area contributed by atoms with E-state index in [-0.39, 0.29) is 44.2 Å². The predicted octanol–water partition coefficient (Wildman–Crippen LogP) is 8.60. The van der Waals surface area contributed by atoms with Crippen LogP contribution in [0.2, 0.25) is 0 Å². The van der Waals surface area contributed by atoms with Gasteiger partial charge in [-0.3, -0.25) is 0 Å². The van der Waals surface area contributed by atoms with Crippen LogP contribution >= 0.6 is 0 Å². The summed E-state index contributed by atoms with van der Waals surface area (Å²) in [5, 5.41) is 48.7. The third-order valence-corrected chi connectivity index (χ3v) is 12.2. The first-order chi connectivity index (χ1) is 33.7. The van der Waals surface area contributed by atoms with E-state index in [0.29, 0.717) is 67.1 Å². The third kappa shape index (κ3) is 17.3. The van der Waals surface area contributed by atoms with Gasteiger partial charge in [0.25, 0.3) is 0 Å². The molecule has 0 saturated carbocycles. The second-order valence-electron chi connectivity index (χ2n) is 18.3. The van der Waals surface area contributed by atoms with Gasteiger partial charge in [0.05, 0.1) is 48.8 Å². The van der Waals surface area contributed by atoms with Crippen molar-refractivity contribution in [1.82, 2.24) is 0 Å². The summed E-state index contributed by atoms with van der Waals surface area (Å²) in [6, 6.07) is 12.8. The van der Waals surface area contributed by atoms with Crippen molar-refractivity contribution in [3.8, 4) is 11.5 Å². The lowest BCUT2D eigenvalue weighted by Gasteiger charge is -2.29. The lowest BCUT2D eigenvalue weighted by atomic mass is 9.88. The Kier molecular flexibility index (Phi) is 22.3. The van der Waals surface area contributed by atoms with Gasteiger partial charge < -0.3 is 54.0 Å². The molecule has 0 radical (unpaired) electrons. The third-order valence-electron chi connectivity index (χ3n) is 12.2. The molecule has 0 spiro atoms. The van der Waals surface area contributed by atoms with Gasteiger partial charge in [-0.05, 0) is 130 Å². The summed E-state index contributed by atoms with van der Waals surface area (Å²) in [5.41, 5.74) is 5.82. The molecule has 5 N–H and O–H groups in total. The van der Waals surface area contributed by atoms with Crippen molar-refractivity contribution in [3.63, 3.8) is 0 Å². The highest BCUT2D eigenvalue weighted by molar-refractivity contribution is 6.18. The second-order valence-corrected chi connectivity index (χ2v) is 18.3. The minimum Gasteiger partial charge on any atom is -0.493 e. The molecule has 2 aromatic carbocycles. The van der Waals surface area contributed by atoms with E-state index < -0.39 is 42.6 Å². The van der Waals surface area contributed by atoms with E-state index in [1.165, 1.54) is 0 Å². The number of aliphatic hydroxyl groups is 5. The molecule has 13 heteroatoms. The van der Waals surface area contributed by atoms with Crippen LogP contribution < -0.4 is 9.47 Å². The molecule has 13 nitrogen and oxygen atoms in total. The van der Waals surface area contributed by atoms with Crippen LogP contribution in [0.5, 0.6) is 11.5 Å². The number of allylic oxidation sites excluding steroid dienone is 4. The summed E-state index contributed by atoms with van der Waals surface area (Å²) in [4.78, 5) is 25.6. The average molecular weight is 967 g/mol. The number of hydrogen-bond donors (Lipinski definition) is 5. The van der Waals surface area contributed by atoms with E-state index in [4.69, 9.17) is 33.5 Å². The molecule has 0 amide bonds. The van der Waals surface area contributed by atoms with Crippen molar-refractivity contribution in [2.45, 2.75) is 129 Å². The molecule has 6 rings (SSSR count). The fourth-order valence-electron chi connectivity index (χ4n) is 8.11. The molecular weight excluding hydrogens is 893 g/mol. The zero-order valence-corrected chi connectivity index (χ0v) is 41.3. The SMILES string of the molecule is C=C(C)CCCC(O)COC1=CC2OC(=O)C(c3ccc(OCCC(O)C(O)CC)cc3)=CC2C=C1.C=C(C)CCCC(O)COC1=CC2OC(=O)C(c3ccc(OCCCO)cc3CC)=CC2C=C1. The van der Waals surface area contributed by atoms with Crippen molar-refractivity contribution in [2.75, 3.05) is 33.0 Å². The molecule has 380 valence electrons. The Morgan fingerprint density at radius 1 is 0.643 bits per heavy atom. The number of aryl methyl sites for hydroxylation is 1. The van der Waals surface area contributed by atoms with Crippen LogP contribution in [0.1, 0.15) is 102 Å². The average Bonchev–Trinajstić information content (AvgIpc) is 3.34. The minimum absolute atomic E-state index is 0.0780. The smallest absolute Gasteiger partial charge is 0.339 e. The van der Waals surface area contributed by atoms with Gasteiger partial charge in [-0.25, -0.2) is 9.59 Å². The zero-order valence-electron chi connectivity index (χ0n) is 41.3. The first-order valence-electron chi connectivity index (χ1n) is 24.7. The highest BCUT2D eigenvalue weighted by Crippen LogP contribution is 2.35. The van der Waals surface area contributed by atoms with Crippen molar-refractivity contribution < 1.29 is 63.5 Å². The van der Waals surface area contributed by atoms with Gasteiger partial charge in [-0.2, -0.15) is 0 Å². The van der Waals surface area contributed by atoms with Crippen molar-refractivity contribution in [1.29, 1.82) is 0 Å². The maximum absolute atomic E-state index is 12.9. The molecule has 2 aromatic rings. The van der Waals surface area contributed by atoms with Gasteiger partial charge in [0.1, 0.15) is 48.4 Å². The van der Waals surface area contributed by atoms with Crippen molar-refractivity contribution in [2.24, 2.45) is 11.8 Å². The Hall–Kier alpha value is -5.70. The van der Waals surface area contributed by atoms with E-state index in [0.717, 1.165) is 65.7 Å². The standard InChI is InChI=1S/C29H38O7.C28H36O6/c1-4-26(31)27(32)14-15-34-23-11-8-20(9-12-23)25-16-21-10-13-24(17-28(21)36-29(25)33)35-18-22(30)7-5-6-19(2)3;1-4-20-15-23(32-14-6-13-29)11-12-25(20)26-16-21-9-10-24(17-27(21)34-28(26)31)33-18-22(30)8-5-7-19(2)3/h8-13,16-17,21-22,26-28,30-32H,2,4-7,14-15,18H2,1,3H3;9-12,15-17,21-22,27,29-30H,2,4-8,13-14,18H2,1,3H3. The lowest BCUT2D eigenvalue weighted by Crippen LogP contribution is -2.31. The van der Waals surface area contributed by atoms with Crippen LogP contribution in [-0.2, 0) is 35.0 Å². The van der Waals surface area contributed by atoms with E-state index in [2.05, 4.69) is 13.2 Å². The molecule has 8 atom stereocenters. The van der Waals surface area contributed by atoms with E-state index in [9.17, 15) is 30.0 Å². The molecule has 0 fully saturated rings. The van der Waals surface area contributed by atoms with Crippen LogP contribution in [0, 0.1) is 11.8 Å². The first kappa shape index (κ1) is 55.2. The van der Waals surface area contributed by atoms with Gasteiger partial charge in [-0.1, -0.05) is 67.5 Å². The van der Waals surface area contributed by atoms with E-state index in [1.54, 1.807) is 36.4 Å². The lowest BCUT2D eigenvalue weighted by molar-refractivity contribution is -0.142. The molecule has 70 heavy (non-hydrogen) atoms. The van der Waals surface area contributed by atoms with Crippen LogP contribution in [-0.4, -0.2) is 107 Å². The topological polar surface area (TPSA) is 191 Å². The summed E-state index contributed by atoms with van der Waals surface area (Å²) in [5.74, 6) is 1.56. The van der Waals surface area contributed by atoms with Gasteiger partial charge in [0.2, 0.25) is 0 Å². The number of carbonyl (C=O) groups is 2. The number of carbonyl (C=O) groups excluding carboxylic acids is 2. The Morgan fingerprint density at radius 3 is 1.70 bits per heavy atom. The summed E-state index contributed by atoms with van der Waals surface area (Å²) in [7, 11) is 0. The summed E-state index contributed by atoms with van der Waals surface area (Å²) >= 11 is 0. The Morgan fingerprint density at radius 2 is 1.17 bits per heavy atom. The van der Waals surface area contributed by atoms with Crippen molar-refractivity contribution >= 4 is 23.1 Å². The minimum atomic E-state index is -0.815. The van der Waals surface area contributed by atoms with Gasteiger partial charge in [0, 0.05) is 31.3 Å². The van der Waals surface area contributed by atoms with Gasteiger partial charge in [-0.15, -0.1) is 13.2 Å². The van der Waals surface area contributed by atoms with Gasteiger partial charge >= 0.3 is 11.9 Å². The van der Waals surface area contributed by atoms with Crippen LogP contribution in [0.15, 0.2) is 127 Å². The van der Waals surface area contributed by atoms with Gasteiger partial charge in [0.15, 0.2) is 0 Å². The number of fused-ring (bicyclic) bond motifs is 2. The fraction of sp³-hybridized carbons (Fsp3) is 0.474. The normalized spacial score (nSPS) is 20.8. The summed E-state index contributed by atoms with van der Waals surface area (Å²) in [6.07, 6.45) is 18.4. The molecule has 0 aromatic heterocycles. The number of ether oxygens (including phenoxy) is 6. The Balaban J connectivity index is 0.000000261. The Bertz CT molecular complexity index is 2250. The molecule has 0 bridgehead atoms. The number of benzene rings is 2. The summed E-state index contributed by atoms with van der Waals surface area (Å²) < 4.78 is 34.2. The highest BCUT2D eigenvalue weighted by atomic mass is 16.6. The quantitative estimate of drug-likeness (QED) is 0.0325. The maximum Gasteiger partial charge on any atom is 0.339 e. The molecule has 4 aliphatic rings. The fourth-order valence-corrected chi connectivity index (χ4v) is 8.11. The number of esters is 2. The molecule has 2 aliphatic carbocycles. The summed E-state index contributed by atoms with van der Waals surface area (Å²) in [6.45, 7) is 16.7. The zero-order chi connectivity index (χ0) is 50.6. The Labute approximate surface area is 413 Å². The van der Waals surface area contributed by atoms with Crippen LogP contribution in [0.4, 0.5) is 0 Å². The molecule has 8 unspecified atom stereocenters. The molecular formula is C57H74O13. The predicted molar refractivity (Wildman–Crippen MR) is 270 cm³/mol. The maximum atomic E-state index is 12.9. The van der Waals surface area contributed by atoms with E-state index in [1.807, 2.05) is 82.4 Å². The molecule has 2 aliphatic heterocycles. The second kappa shape index (κ2) is 28.2. The number of aliphatic hydroxyl groups excluding tert-OH is 5. The first-order valence-corrected chi connectivity index (χ1v) is 24.7. The van der Waals surface area contributed by atoms with Crippen LogP contribution in [0.25, 0.3) is 11.1 Å². The number of rotatable bonds is 27. The van der Waals surface area contributed by atoms with E-state index >= 15 is 0 Å². The molecule has 0 saturated heterocycles. The monoisotopic (exact) mass is 967 g/mol. The largest absolute Gasteiger partial charge is 0.493 e. The number of hydrogen-bond acceptors (Lipinski definition) is 13. The van der Waals surface area contributed by atoms with Crippen molar-refractivity contribution in [3.05, 3.63) is 144 Å².